The highest BCUT2D eigenvalue weighted by atomic mass is 35.5. The van der Waals surface area contributed by atoms with Crippen LogP contribution in [0.15, 0.2) is 29.1 Å². The summed E-state index contributed by atoms with van der Waals surface area (Å²) in [4.78, 5) is 3.91. The van der Waals surface area contributed by atoms with Gasteiger partial charge in [-0.1, -0.05) is 22.8 Å². The molecule has 0 amide bonds. The summed E-state index contributed by atoms with van der Waals surface area (Å²) in [5, 5.41) is 4.35. The molecule has 66 valence electrons. The molecule has 0 saturated carbocycles. The molecule has 0 aliphatic carbocycles. The van der Waals surface area contributed by atoms with Gasteiger partial charge < -0.3 is 4.52 Å². The number of aryl methyl sites for hydroxylation is 1. The highest BCUT2D eigenvalue weighted by Gasteiger charge is 2.06. The van der Waals surface area contributed by atoms with E-state index < -0.39 is 0 Å². The average Bonchev–Trinajstić information content (AvgIpc) is 2.56. The lowest BCUT2D eigenvalue weighted by Gasteiger charge is -1.99. The van der Waals surface area contributed by atoms with E-state index >= 15 is 0 Å². The van der Waals surface area contributed by atoms with E-state index in [2.05, 4.69) is 14.7 Å². The maximum absolute atomic E-state index is 6.00. The highest BCUT2D eigenvalue weighted by molar-refractivity contribution is 6.33. The summed E-state index contributed by atoms with van der Waals surface area (Å²) >= 11 is 6.00. The standard InChI is InChI=1S/C9H7ClN2O/c1-6-2-3-7(8(10)4-6)9-11-5-13-12-9/h2-5H,1H3. The molecule has 2 rings (SSSR count). The quantitative estimate of drug-likeness (QED) is 0.701. The number of hydrogen-bond donors (Lipinski definition) is 0. The van der Waals surface area contributed by atoms with Crippen LogP contribution in [0.5, 0.6) is 0 Å². The minimum atomic E-state index is 0.519. The van der Waals surface area contributed by atoms with Crippen LogP contribution in [0.1, 0.15) is 5.56 Å². The van der Waals surface area contributed by atoms with Crippen LogP contribution in [0.3, 0.4) is 0 Å². The zero-order valence-corrected chi connectivity index (χ0v) is 7.75. The van der Waals surface area contributed by atoms with E-state index in [0.717, 1.165) is 11.1 Å². The summed E-state index contributed by atoms with van der Waals surface area (Å²) < 4.78 is 4.63. The molecule has 4 heteroatoms. The summed E-state index contributed by atoms with van der Waals surface area (Å²) in [7, 11) is 0. The van der Waals surface area contributed by atoms with Crippen LogP contribution < -0.4 is 0 Å². The first-order valence-corrected chi connectivity index (χ1v) is 4.18. The molecule has 1 aromatic carbocycles. The van der Waals surface area contributed by atoms with E-state index in [4.69, 9.17) is 11.6 Å². The smallest absolute Gasteiger partial charge is 0.214 e. The number of nitrogens with zero attached hydrogens (tertiary/aromatic N) is 2. The van der Waals surface area contributed by atoms with Gasteiger partial charge in [0.05, 0.1) is 5.02 Å². The SMILES string of the molecule is Cc1ccc(-c2ncon2)c(Cl)c1. The topological polar surface area (TPSA) is 38.9 Å². The largest absolute Gasteiger partial charge is 0.342 e. The number of halogens is 1. The first kappa shape index (κ1) is 8.26. The summed E-state index contributed by atoms with van der Waals surface area (Å²) in [6, 6.07) is 5.70. The molecule has 13 heavy (non-hydrogen) atoms. The number of hydrogen-bond acceptors (Lipinski definition) is 3. The Balaban J connectivity index is 2.53. The Kier molecular flexibility index (Phi) is 2.02. The van der Waals surface area contributed by atoms with Gasteiger partial charge in [-0.05, 0) is 24.6 Å². The first-order valence-electron chi connectivity index (χ1n) is 3.80. The predicted octanol–water partition coefficient (Wildman–Crippen LogP) is 2.70. The molecule has 0 aliphatic rings. The number of benzene rings is 1. The van der Waals surface area contributed by atoms with Crippen LogP contribution >= 0.6 is 11.6 Å². The molecule has 2 aromatic rings. The van der Waals surface area contributed by atoms with Crippen molar-refractivity contribution in [2.45, 2.75) is 6.92 Å². The fraction of sp³-hybridized carbons (Fsp3) is 0.111. The van der Waals surface area contributed by atoms with Crippen molar-refractivity contribution in [2.75, 3.05) is 0 Å². The van der Waals surface area contributed by atoms with Crippen molar-refractivity contribution in [2.24, 2.45) is 0 Å². The summed E-state index contributed by atoms with van der Waals surface area (Å²) in [6.45, 7) is 1.98. The Bertz CT molecular complexity index is 412. The Morgan fingerprint density at radius 3 is 2.85 bits per heavy atom. The highest BCUT2D eigenvalue weighted by Crippen LogP contribution is 2.25. The molecule has 1 heterocycles. The lowest BCUT2D eigenvalue weighted by atomic mass is 10.1. The molecular weight excluding hydrogens is 188 g/mol. The minimum absolute atomic E-state index is 0.519. The second kappa shape index (κ2) is 3.18. The monoisotopic (exact) mass is 194 g/mol. The first-order chi connectivity index (χ1) is 6.27. The molecule has 0 unspecified atom stereocenters. The van der Waals surface area contributed by atoms with Crippen LogP contribution in [0.2, 0.25) is 5.02 Å². The fourth-order valence-electron chi connectivity index (χ4n) is 1.09. The normalized spacial score (nSPS) is 10.3. The summed E-state index contributed by atoms with van der Waals surface area (Å²) in [5.41, 5.74) is 1.90. The molecular formula is C9H7ClN2O. The average molecular weight is 195 g/mol. The molecule has 0 atom stereocenters. The van der Waals surface area contributed by atoms with Crippen LogP contribution in [0.25, 0.3) is 11.4 Å². The van der Waals surface area contributed by atoms with E-state index in [1.54, 1.807) is 0 Å². The third kappa shape index (κ3) is 1.55. The summed E-state index contributed by atoms with van der Waals surface area (Å²) in [6.07, 6.45) is 1.28. The van der Waals surface area contributed by atoms with Gasteiger partial charge in [-0.2, -0.15) is 4.98 Å². The molecule has 0 aliphatic heterocycles. The van der Waals surface area contributed by atoms with Gasteiger partial charge in [0.2, 0.25) is 12.2 Å². The van der Waals surface area contributed by atoms with Crippen LogP contribution in [0.4, 0.5) is 0 Å². The van der Waals surface area contributed by atoms with Gasteiger partial charge in [0.25, 0.3) is 0 Å². The molecule has 0 radical (unpaired) electrons. The van der Waals surface area contributed by atoms with E-state index in [-0.39, 0.29) is 0 Å². The maximum atomic E-state index is 6.00. The molecule has 3 nitrogen and oxygen atoms in total. The maximum Gasteiger partial charge on any atom is 0.214 e. The van der Waals surface area contributed by atoms with E-state index in [0.29, 0.717) is 10.8 Å². The number of aromatic nitrogens is 2. The summed E-state index contributed by atoms with van der Waals surface area (Å²) in [5.74, 6) is 0.519. The second-order valence-electron chi connectivity index (χ2n) is 2.74. The third-order valence-electron chi connectivity index (χ3n) is 1.73. The van der Waals surface area contributed by atoms with Crippen LogP contribution in [-0.2, 0) is 0 Å². The Hall–Kier alpha value is -1.35. The van der Waals surface area contributed by atoms with E-state index in [9.17, 15) is 0 Å². The Morgan fingerprint density at radius 2 is 2.23 bits per heavy atom. The number of rotatable bonds is 1. The van der Waals surface area contributed by atoms with Gasteiger partial charge >= 0.3 is 0 Å². The van der Waals surface area contributed by atoms with Crippen molar-refractivity contribution >= 4 is 11.6 Å². The molecule has 0 spiro atoms. The van der Waals surface area contributed by atoms with Gasteiger partial charge in [-0.15, -0.1) is 0 Å². The fourth-order valence-corrected chi connectivity index (χ4v) is 1.41. The molecule has 0 fully saturated rings. The van der Waals surface area contributed by atoms with Gasteiger partial charge in [0, 0.05) is 5.56 Å². The van der Waals surface area contributed by atoms with Crippen molar-refractivity contribution in [1.29, 1.82) is 0 Å². The molecule has 1 aromatic heterocycles. The second-order valence-corrected chi connectivity index (χ2v) is 3.15. The van der Waals surface area contributed by atoms with Crippen LogP contribution in [-0.4, -0.2) is 10.1 Å². The third-order valence-corrected chi connectivity index (χ3v) is 2.04. The van der Waals surface area contributed by atoms with E-state index in [1.165, 1.54) is 6.39 Å². The molecule has 0 bridgehead atoms. The van der Waals surface area contributed by atoms with Gasteiger partial charge in [0.1, 0.15) is 0 Å². The van der Waals surface area contributed by atoms with Gasteiger partial charge in [-0.3, -0.25) is 0 Å². The molecule has 0 N–H and O–H groups in total. The zero-order valence-electron chi connectivity index (χ0n) is 6.99. The van der Waals surface area contributed by atoms with Crippen molar-refractivity contribution in [3.8, 4) is 11.4 Å². The predicted molar refractivity (Wildman–Crippen MR) is 49.5 cm³/mol. The lowest BCUT2D eigenvalue weighted by Crippen LogP contribution is -1.82. The molecule has 0 saturated heterocycles. The van der Waals surface area contributed by atoms with Gasteiger partial charge in [0.15, 0.2) is 0 Å². The Morgan fingerprint density at radius 1 is 1.38 bits per heavy atom. The Labute approximate surface area is 80.3 Å². The lowest BCUT2D eigenvalue weighted by molar-refractivity contribution is 0.419. The van der Waals surface area contributed by atoms with Crippen LogP contribution in [0, 0.1) is 6.92 Å². The minimum Gasteiger partial charge on any atom is -0.342 e. The van der Waals surface area contributed by atoms with E-state index in [1.807, 2.05) is 25.1 Å². The van der Waals surface area contributed by atoms with Crippen molar-refractivity contribution in [3.63, 3.8) is 0 Å². The van der Waals surface area contributed by atoms with Gasteiger partial charge in [-0.25, -0.2) is 0 Å². The van der Waals surface area contributed by atoms with Crippen molar-refractivity contribution in [1.82, 2.24) is 10.1 Å². The van der Waals surface area contributed by atoms with Crippen molar-refractivity contribution in [3.05, 3.63) is 35.2 Å². The van der Waals surface area contributed by atoms with Crippen molar-refractivity contribution < 1.29 is 4.52 Å². The zero-order chi connectivity index (χ0) is 9.26.